The molecule has 0 saturated carbocycles. The van der Waals surface area contributed by atoms with E-state index in [4.69, 9.17) is 5.73 Å². The van der Waals surface area contributed by atoms with Gasteiger partial charge in [-0.05, 0) is 37.6 Å². The molecule has 0 bridgehead atoms. The van der Waals surface area contributed by atoms with Gasteiger partial charge in [-0.25, -0.2) is 4.98 Å². The van der Waals surface area contributed by atoms with Crippen molar-refractivity contribution < 1.29 is 0 Å². The molecule has 0 aliphatic rings. The molecule has 84 valence electrons. The number of rotatable bonds is 4. The van der Waals surface area contributed by atoms with Gasteiger partial charge in [-0.1, -0.05) is 13.8 Å². The molecule has 3 nitrogen and oxygen atoms in total. The lowest BCUT2D eigenvalue weighted by atomic mass is 10.0. The molecule has 0 saturated heterocycles. The number of hydrogen-bond donors (Lipinski definition) is 1. The van der Waals surface area contributed by atoms with Crippen molar-refractivity contribution in [1.29, 1.82) is 0 Å². The largest absolute Gasteiger partial charge is 0.384 e. The standard InChI is InChI=1S/C12H21N3/c1-9(2)10(3)15(4)8-11-5-6-14-12(13)7-11/h5-7,9-10H,8H2,1-4H3,(H2,13,14). The van der Waals surface area contributed by atoms with Gasteiger partial charge in [0.05, 0.1) is 0 Å². The first-order chi connectivity index (χ1) is 7.00. The summed E-state index contributed by atoms with van der Waals surface area (Å²) in [5, 5.41) is 0. The third kappa shape index (κ3) is 3.51. The smallest absolute Gasteiger partial charge is 0.123 e. The van der Waals surface area contributed by atoms with E-state index in [1.54, 1.807) is 6.20 Å². The highest BCUT2D eigenvalue weighted by Crippen LogP contribution is 2.12. The summed E-state index contributed by atoms with van der Waals surface area (Å²) < 4.78 is 0. The molecule has 0 aliphatic heterocycles. The maximum Gasteiger partial charge on any atom is 0.123 e. The molecule has 15 heavy (non-hydrogen) atoms. The van der Waals surface area contributed by atoms with Crippen LogP contribution in [0.4, 0.5) is 5.82 Å². The highest BCUT2D eigenvalue weighted by Gasteiger charge is 2.13. The van der Waals surface area contributed by atoms with Crippen molar-refractivity contribution in [1.82, 2.24) is 9.88 Å². The topological polar surface area (TPSA) is 42.2 Å². The van der Waals surface area contributed by atoms with Gasteiger partial charge in [0.25, 0.3) is 0 Å². The predicted octanol–water partition coefficient (Wildman–Crippen LogP) is 2.14. The molecule has 1 atom stereocenters. The van der Waals surface area contributed by atoms with Crippen LogP contribution in [0.2, 0.25) is 0 Å². The summed E-state index contributed by atoms with van der Waals surface area (Å²) in [7, 11) is 2.14. The van der Waals surface area contributed by atoms with Gasteiger partial charge in [-0.2, -0.15) is 0 Å². The third-order valence-corrected chi connectivity index (χ3v) is 2.94. The average Bonchev–Trinajstić information content (AvgIpc) is 2.16. The van der Waals surface area contributed by atoms with Crippen molar-refractivity contribution in [2.75, 3.05) is 12.8 Å². The Bertz CT molecular complexity index is 309. The van der Waals surface area contributed by atoms with Crippen LogP contribution in [0.5, 0.6) is 0 Å². The maximum atomic E-state index is 5.64. The zero-order valence-electron chi connectivity index (χ0n) is 10.1. The Kier molecular flexibility index (Phi) is 4.09. The van der Waals surface area contributed by atoms with Crippen LogP contribution in [-0.4, -0.2) is 23.0 Å². The summed E-state index contributed by atoms with van der Waals surface area (Å²) in [5.74, 6) is 1.26. The zero-order chi connectivity index (χ0) is 11.4. The number of nitrogen functional groups attached to an aromatic ring is 1. The predicted molar refractivity (Wildman–Crippen MR) is 64.4 cm³/mol. The van der Waals surface area contributed by atoms with Gasteiger partial charge < -0.3 is 5.73 Å². The Morgan fingerprint density at radius 2 is 2.07 bits per heavy atom. The van der Waals surface area contributed by atoms with Gasteiger partial charge in [-0.3, -0.25) is 4.90 Å². The first-order valence-electron chi connectivity index (χ1n) is 5.41. The SMILES string of the molecule is CC(C)C(C)N(C)Cc1ccnc(N)c1. The lowest BCUT2D eigenvalue weighted by molar-refractivity contribution is 0.200. The van der Waals surface area contributed by atoms with Crippen LogP contribution in [0, 0.1) is 5.92 Å². The number of pyridine rings is 1. The van der Waals surface area contributed by atoms with Crippen molar-refractivity contribution in [3.63, 3.8) is 0 Å². The summed E-state index contributed by atoms with van der Waals surface area (Å²) in [6.45, 7) is 7.64. The second kappa shape index (κ2) is 5.12. The van der Waals surface area contributed by atoms with Gasteiger partial charge in [0.1, 0.15) is 5.82 Å². The van der Waals surface area contributed by atoms with E-state index in [1.165, 1.54) is 5.56 Å². The number of nitrogens with two attached hydrogens (primary N) is 1. The molecule has 0 aromatic carbocycles. The lowest BCUT2D eigenvalue weighted by Crippen LogP contribution is -2.32. The average molecular weight is 207 g/mol. The van der Waals surface area contributed by atoms with Crippen LogP contribution in [0.3, 0.4) is 0 Å². The maximum absolute atomic E-state index is 5.64. The number of anilines is 1. The molecule has 1 rings (SSSR count). The van der Waals surface area contributed by atoms with Crippen molar-refractivity contribution in [2.24, 2.45) is 5.92 Å². The minimum atomic E-state index is 0.569. The summed E-state index contributed by atoms with van der Waals surface area (Å²) in [6.07, 6.45) is 1.76. The minimum Gasteiger partial charge on any atom is -0.384 e. The van der Waals surface area contributed by atoms with Crippen molar-refractivity contribution >= 4 is 5.82 Å². The highest BCUT2D eigenvalue weighted by atomic mass is 15.1. The molecule has 2 N–H and O–H groups in total. The first kappa shape index (κ1) is 12.0. The van der Waals surface area contributed by atoms with Crippen molar-refractivity contribution in [3.05, 3.63) is 23.9 Å². The van der Waals surface area contributed by atoms with E-state index in [0.29, 0.717) is 17.8 Å². The van der Waals surface area contributed by atoms with E-state index in [9.17, 15) is 0 Å². The Labute approximate surface area is 92.3 Å². The fourth-order valence-electron chi connectivity index (χ4n) is 1.53. The van der Waals surface area contributed by atoms with E-state index in [0.717, 1.165) is 6.54 Å². The van der Waals surface area contributed by atoms with Gasteiger partial charge in [0, 0.05) is 18.8 Å². The molecular weight excluding hydrogens is 186 g/mol. The van der Waals surface area contributed by atoms with Crippen LogP contribution < -0.4 is 5.73 Å². The first-order valence-corrected chi connectivity index (χ1v) is 5.41. The van der Waals surface area contributed by atoms with Crippen LogP contribution in [0.1, 0.15) is 26.3 Å². The van der Waals surface area contributed by atoms with E-state index in [1.807, 2.05) is 12.1 Å². The number of nitrogens with zero attached hydrogens (tertiary/aromatic N) is 2. The van der Waals surface area contributed by atoms with Crippen LogP contribution >= 0.6 is 0 Å². The van der Waals surface area contributed by atoms with E-state index >= 15 is 0 Å². The Morgan fingerprint density at radius 1 is 1.40 bits per heavy atom. The molecule has 1 aromatic rings. The molecule has 3 heteroatoms. The summed E-state index contributed by atoms with van der Waals surface area (Å²) in [5.41, 5.74) is 6.86. The Morgan fingerprint density at radius 3 is 2.60 bits per heavy atom. The Balaban J connectivity index is 2.62. The van der Waals surface area contributed by atoms with Crippen LogP contribution in [-0.2, 0) is 6.54 Å². The van der Waals surface area contributed by atoms with Gasteiger partial charge in [-0.15, -0.1) is 0 Å². The Hall–Kier alpha value is -1.09. The molecule has 1 unspecified atom stereocenters. The van der Waals surface area contributed by atoms with E-state index < -0.39 is 0 Å². The zero-order valence-corrected chi connectivity index (χ0v) is 10.1. The third-order valence-electron chi connectivity index (χ3n) is 2.94. The second-order valence-corrected chi connectivity index (χ2v) is 4.49. The number of aromatic nitrogens is 1. The van der Waals surface area contributed by atoms with Crippen LogP contribution in [0.25, 0.3) is 0 Å². The molecule has 1 heterocycles. The lowest BCUT2D eigenvalue weighted by Gasteiger charge is -2.27. The van der Waals surface area contributed by atoms with Crippen molar-refractivity contribution in [2.45, 2.75) is 33.4 Å². The monoisotopic (exact) mass is 207 g/mol. The second-order valence-electron chi connectivity index (χ2n) is 4.49. The normalized spacial score (nSPS) is 13.5. The molecule has 0 fully saturated rings. The molecule has 0 amide bonds. The fraction of sp³-hybridized carbons (Fsp3) is 0.583. The summed E-state index contributed by atoms with van der Waals surface area (Å²) in [6, 6.07) is 4.52. The fourth-order valence-corrected chi connectivity index (χ4v) is 1.53. The molecule has 1 aromatic heterocycles. The molecule has 0 aliphatic carbocycles. The van der Waals surface area contributed by atoms with Crippen molar-refractivity contribution in [3.8, 4) is 0 Å². The summed E-state index contributed by atoms with van der Waals surface area (Å²) >= 11 is 0. The quantitative estimate of drug-likeness (QED) is 0.822. The van der Waals surface area contributed by atoms with Gasteiger partial charge in [0.15, 0.2) is 0 Å². The molecule has 0 radical (unpaired) electrons. The van der Waals surface area contributed by atoms with Gasteiger partial charge in [0.2, 0.25) is 0 Å². The molecule has 0 spiro atoms. The minimum absolute atomic E-state index is 0.569. The summed E-state index contributed by atoms with van der Waals surface area (Å²) in [4.78, 5) is 6.32. The highest BCUT2D eigenvalue weighted by molar-refractivity contribution is 5.31. The van der Waals surface area contributed by atoms with Crippen LogP contribution in [0.15, 0.2) is 18.3 Å². The van der Waals surface area contributed by atoms with Gasteiger partial charge >= 0.3 is 0 Å². The van der Waals surface area contributed by atoms with E-state index in [2.05, 4.69) is 37.7 Å². The molecular formula is C12H21N3. The number of hydrogen-bond acceptors (Lipinski definition) is 3. The van der Waals surface area contributed by atoms with E-state index in [-0.39, 0.29) is 0 Å².